The largest absolute Gasteiger partial charge is 0.497 e. The molecule has 1 atom stereocenters. The molecule has 0 heterocycles. The molecule has 1 rings (SSSR count). The van der Waals surface area contributed by atoms with Gasteiger partial charge in [0.05, 0.1) is 12.1 Å². The smallest absolute Gasteiger partial charge is 0.168 e. The molecule has 0 radical (unpaired) electrons. The number of nitrogens with one attached hydrogen (secondary N) is 1. The number of carbonyl (C=O) groups is 1. The van der Waals surface area contributed by atoms with Crippen molar-refractivity contribution in [3.05, 3.63) is 28.8 Å². The Balaban J connectivity index is 3.01. The van der Waals surface area contributed by atoms with Crippen LogP contribution in [-0.2, 0) is 0 Å². The summed E-state index contributed by atoms with van der Waals surface area (Å²) >= 11 is 6.13. The van der Waals surface area contributed by atoms with E-state index in [1.54, 1.807) is 25.3 Å². The summed E-state index contributed by atoms with van der Waals surface area (Å²) in [5, 5.41) is 3.50. The number of benzene rings is 1. The number of Topliss-reactive ketones (excluding diaryl/α,β-unsaturated/α-hetero) is 1. The second-order valence-electron chi connectivity index (χ2n) is 4.62. The zero-order valence-electron chi connectivity index (χ0n) is 11.3. The highest BCUT2D eigenvalue weighted by atomic mass is 35.5. The molecule has 3 nitrogen and oxygen atoms in total. The first-order valence-electron chi connectivity index (χ1n) is 6.03. The molecule has 1 aromatic rings. The molecule has 0 saturated heterocycles. The van der Waals surface area contributed by atoms with Crippen LogP contribution in [0.1, 0.15) is 24.2 Å². The molecule has 0 aliphatic carbocycles. The molecular weight excluding hydrogens is 250 g/mol. The van der Waals surface area contributed by atoms with Gasteiger partial charge in [0.25, 0.3) is 0 Å². The fourth-order valence-corrected chi connectivity index (χ4v) is 2.14. The fourth-order valence-electron chi connectivity index (χ4n) is 1.87. The minimum absolute atomic E-state index is 0.0686. The highest BCUT2D eigenvalue weighted by Crippen LogP contribution is 2.26. The maximum Gasteiger partial charge on any atom is 0.168 e. The molecule has 0 spiro atoms. The number of methoxy groups -OCH3 is 1. The predicted molar refractivity (Wildman–Crippen MR) is 74.6 cm³/mol. The fraction of sp³-hybridized carbons (Fsp3) is 0.500. The van der Waals surface area contributed by atoms with Crippen molar-refractivity contribution in [2.75, 3.05) is 20.7 Å². The Morgan fingerprint density at radius 2 is 2.11 bits per heavy atom. The van der Waals surface area contributed by atoms with Crippen LogP contribution in [0.5, 0.6) is 5.75 Å². The third kappa shape index (κ3) is 3.47. The van der Waals surface area contributed by atoms with Crippen molar-refractivity contribution in [1.29, 1.82) is 0 Å². The summed E-state index contributed by atoms with van der Waals surface area (Å²) < 4.78 is 5.08. The van der Waals surface area contributed by atoms with Crippen molar-refractivity contribution in [3.63, 3.8) is 0 Å². The topological polar surface area (TPSA) is 38.3 Å². The Labute approximate surface area is 113 Å². The minimum Gasteiger partial charge on any atom is -0.497 e. The summed E-state index contributed by atoms with van der Waals surface area (Å²) in [5.74, 6) is 0.933. The second kappa shape index (κ2) is 6.76. The highest BCUT2D eigenvalue weighted by Gasteiger charge is 2.24. The summed E-state index contributed by atoms with van der Waals surface area (Å²) in [6.45, 7) is 4.73. The van der Waals surface area contributed by atoms with Crippen molar-refractivity contribution >= 4 is 17.4 Å². The summed E-state index contributed by atoms with van der Waals surface area (Å²) in [5.41, 5.74) is 0.561. The van der Waals surface area contributed by atoms with Crippen molar-refractivity contribution in [3.8, 4) is 5.75 Å². The van der Waals surface area contributed by atoms with Crippen LogP contribution in [0.2, 0.25) is 5.02 Å². The number of ketones is 1. The van der Waals surface area contributed by atoms with Crippen LogP contribution < -0.4 is 10.1 Å². The van der Waals surface area contributed by atoms with Crippen LogP contribution in [-0.4, -0.2) is 26.5 Å². The Morgan fingerprint density at radius 3 is 2.56 bits per heavy atom. The Hall–Kier alpha value is -1.06. The molecule has 100 valence electrons. The summed E-state index contributed by atoms with van der Waals surface area (Å²) in [6, 6.07) is 5.16. The van der Waals surface area contributed by atoms with E-state index < -0.39 is 0 Å². The van der Waals surface area contributed by atoms with E-state index in [9.17, 15) is 4.79 Å². The average Bonchev–Trinajstić information content (AvgIpc) is 2.34. The Morgan fingerprint density at radius 1 is 1.44 bits per heavy atom. The summed E-state index contributed by atoms with van der Waals surface area (Å²) in [7, 11) is 3.42. The van der Waals surface area contributed by atoms with Gasteiger partial charge in [-0.2, -0.15) is 0 Å². The van der Waals surface area contributed by atoms with Gasteiger partial charge in [-0.3, -0.25) is 4.79 Å². The predicted octanol–water partition coefficient (Wildman–Crippen LogP) is 3.02. The number of hydrogen-bond donors (Lipinski definition) is 1. The summed E-state index contributed by atoms with van der Waals surface area (Å²) in [6.07, 6.45) is 0. The van der Waals surface area contributed by atoms with Gasteiger partial charge in [-0.05, 0) is 31.2 Å². The van der Waals surface area contributed by atoms with E-state index in [1.807, 2.05) is 20.9 Å². The van der Waals surface area contributed by atoms with Gasteiger partial charge in [-0.1, -0.05) is 25.4 Å². The zero-order chi connectivity index (χ0) is 13.7. The van der Waals surface area contributed by atoms with E-state index in [2.05, 4.69) is 5.32 Å². The number of carbonyl (C=O) groups excluding carboxylic acids is 1. The van der Waals surface area contributed by atoms with Crippen molar-refractivity contribution in [1.82, 2.24) is 5.32 Å². The third-order valence-corrected chi connectivity index (χ3v) is 3.32. The van der Waals surface area contributed by atoms with Crippen molar-refractivity contribution in [2.45, 2.75) is 13.8 Å². The summed E-state index contributed by atoms with van der Waals surface area (Å²) in [4.78, 5) is 12.4. The average molecular weight is 270 g/mol. The Bertz CT molecular complexity index is 418. The maximum absolute atomic E-state index is 12.4. The van der Waals surface area contributed by atoms with Gasteiger partial charge in [-0.25, -0.2) is 0 Å². The monoisotopic (exact) mass is 269 g/mol. The molecule has 0 aliphatic heterocycles. The van der Waals surface area contributed by atoms with Crippen LogP contribution in [0, 0.1) is 11.8 Å². The molecule has 4 heteroatoms. The third-order valence-electron chi connectivity index (χ3n) is 3.01. The molecule has 1 aromatic carbocycles. The van der Waals surface area contributed by atoms with Crippen molar-refractivity contribution < 1.29 is 9.53 Å². The molecule has 0 aliphatic rings. The molecule has 0 fully saturated rings. The molecular formula is C14H20ClNO2. The van der Waals surface area contributed by atoms with Crippen LogP contribution in [0.25, 0.3) is 0 Å². The van der Waals surface area contributed by atoms with Gasteiger partial charge < -0.3 is 10.1 Å². The van der Waals surface area contributed by atoms with Gasteiger partial charge in [-0.15, -0.1) is 0 Å². The van der Waals surface area contributed by atoms with Gasteiger partial charge in [0.1, 0.15) is 5.75 Å². The first-order valence-corrected chi connectivity index (χ1v) is 6.41. The maximum atomic E-state index is 12.4. The molecule has 0 aromatic heterocycles. The van der Waals surface area contributed by atoms with Gasteiger partial charge in [0, 0.05) is 18.0 Å². The molecule has 0 amide bonds. The molecule has 18 heavy (non-hydrogen) atoms. The van der Waals surface area contributed by atoms with Crippen LogP contribution >= 0.6 is 11.6 Å². The van der Waals surface area contributed by atoms with Gasteiger partial charge in [0.15, 0.2) is 5.78 Å². The number of rotatable bonds is 6. The van der Waals surface area contributed by atoms with E-state index in [4.69, 9.17) is 16.3 Å². The molecule has 1 N–H and O–H groups in total. The number of halogens is 1. The molecule has 1 unspecified atom stereocenters. The van der Waals surface area contributed by atoms with E-state index in [0.717, 1.165) is 0 Å². The van der Waals surface area contributed by atoms with E-state index in [0.29, 0.717) is 22.9 Å². The standard InChI is InChI=1S/C14H20ClNO2/c1-9(2)12(8-16-3)14(17)11-6-5-10(18-4)7-13(11)15/h5-7,9,12,16H,8H2,1-4H3. The number of hydrogen-bond acceptors (Lipinski definition) is 3. The lowest BCUT2D eigenvalue weighted by atomic mass is 9.88. The lowest BCUT2D eigenvalue weighted by Crippen LogP contribution is -2.30. The van der Waals surface area contributed by atoms with Crippen molar-refractivity contribution in [2.24, 2.45) is 11.8 Å². The van der Waals surface area contributed by atoms with E-state index in [-0.39, 0.29) is 17.6 Å². The molecule has 0 bridgehead atoms. The molecule has 0 saturated carbocycles. The zero-order valence-corrected chi connectivity index (χ0v) is 12.0. The highest BCUT2D eigenvalue weighted by molar-refractivity contribution is 6.34. The first-order chi connectivity index (χ1) is 8.51. The SMILES string of the molecule is CNCC(C(=O)c1ccc(OC)cc1Cl)C(C)C. The van der Waals surface area contributed by atoms with E-state index >= 15 is 0 Å². The van der Waals surface area contributed by atoms with Crippen LogP contribution in [0.4, 0.5) is 0 Å². The van der Waals surface area contributed by atoms with Gasteiger partial charge >= 0.3 is 0 Å². The minimum atomic E-state index is -0.0686. The number of ether oxygens (including phenoxy) is 1. The quantitative estimate of drug-likeness (QED) is 0.807. The van der Waals surface area contributed by atoms with Crippen LogP contribution in [0.3, 0.4) is 0 Å². The lowest BCUT2D eigenvalue weighted by Gasteiger charge is -2.20. The van der Waals surface area contributed by atoms with E-state index in [1.165, 1.54) is 0 Å². The lowest BCUT2D eigenvalue weighted by molar-refractivity contribution is 0.0886. The normalized spacial score (nSPS) is 12.6. The second-order valence-corrected chi connectivity index (χ2v) is 5.03. The first kappa shape index (κ1) is 15.0. The van der Waals surface area contributed by atoms with Crippen LogP contribution in [0.15, 0.2) is 18.2 Å². The Kier molecular flexibility index (Phi) is 5.63. The van der Waals surface area contributed by atoms with Gasteiger partial charge in [0.2, 0.25) is 0 Å².